The Morgan fingerprint density at radius 3 is 2.82 bits per heavy atom. The number of hydrogen-bond donors (Lipinski definition) is 1. The fraction of sp³-hybridized carbons (Fsp3) is 0.333. The van der Waals surface area contributed by atoms with E-state index in [2.05, 4.69) is 13.6 Å². The van der Waals surface area contributed by atoms with Crippen molar-refractivity contribution in [1.82, 2.24) is 0 Å². The van der Waals surface area contributed by atoms with Crippen LogP contribution in [0.4, 0.5) is 0 Å². The Balaban J connectivity index is 2.77. The van der Waals surface area contributed by atoms with Crippen LogP contribution in [0.5, 0.6) is 0 Å². The second-order valence-corrected chi connectivity index (χ2v) is 1.86. The monoisotopic (exact) mass is 157 g/mol. The molecule has 0 aliphatic rings. The minimum Gasteiger partial charge on any atom is -0.476 e. The highest BCUT2D eigenvalue weighted by Crippen LogP contribution is 2.04. The van der Waals surface area contributed by atoms with Crippen LogP contribution in [0.1, 0.15) is 11.5 Å². The first-order chi connectivity index (χ1) is 5.24. The van der Waals surface area contributed by atoms with E-state index in [1.807, 2.05) is 0 Å². The van der Waals surface area contributed by atoms with Gasteiger partial charge in [-0.25, -0.2) is 4.79 Å². The highest BCUT2D eigenvalue weighted by Gasteiger charge is 2.06. The first kappa shape index (κ1) is 7.59. The molecule has 0 aromatic carbocycles. The van der Waals surface area contributed by atoms with Crippen LogP contribution in [0.15, 0.2) is 13.6 Å². The smallest absolute Gasteiger partial charge is 0.476 e. The maximum Gasteiger partial charge on any atom is 0.519 e. The largest absolute Gasteiger partial charge is 0.519 e. The molecule has 1 N–H and O–H groups in total. The normalized spacial score (nSPS) is 9.55. The average molecular weight is 157 g/mol. The lowest BCUT2D eigenvalue weighted by atomic mass is 10.4. The second kappa shape index (κ2) is 3.05. The van der Waals surface area contributed by atoms with Gasteiger partial charge in [0.25, 0.3) is 0 Å². The van der Waals surface area contributed by atoms with Crippen LogP contribution in [0, 0.1) is 12.3 Å². The zero-order chi connectivity index (χ0) is 8.27. The molecule has 1 aromatic rings. The summed E-state index contributed by atoms with van der Waals surface area (Å²) >= 11 is 0. The van der Waals surface area contributed by atoms with Crippen molar-refractivity contribution in [2.24, 2.45) is 0 Å². The molecule has 0 aliphatic heterocycles. The van der Waals surface area contributed by atoms with Gasteiger partial charge in [0.15, 0.2) is 24.5 Å². The van der Waals surface area contributed by atoms with Crippen molar-refractivity contribution in [3.05, 3.63) is 22.1 Å². The molecule has 1 aromatic heterocycles. The quantitative estimate of drug-likeness (QED) is 0.516. The van der Waals surface area contributed by atoms with Crippen molar-refractivity contribution < 1.29 is 13.6 Å². The Bertz CT molecular complexity index is 298. The molecular formula is C6H7NO4. The zero-order valence-corrected chi connectivity index (χ0v) is 5.92. The summed E-state index contributed by atoms with van der Waals surface area (Å²) < 4.78 is 13.7. The van der Waals surface area contributed by atoms with Crippen LogP contribution in [0.3, 0.4) is 0 Å². The van der Waals surface area contributed by atoms with E-state index in [0.717, 1.165) is 6.40 Å². The minimum absolute atomic E-state index is 0.0566. The Hall–Kier alpha value is -1.52. The molecule has 1 rings (SSSR count). The molecule has 60 valence electrons. The molecule has 0 spiro atoms. The van der Waals surface area contributed by atoms with Gasteiger partial charge in [-0.15, -0.1) is 0 Å². The summed E-state index contributed by atoms with van der Waals surface area (Å²) in [5.41, 5.74) is 0. The third kappa shape index (κ3) is 1.70. The minimum atomic E-state index is -0.744. The van der Waals surface area contributed by atoms with Crippen molar-refractivity contribution in [3.8, 4) is 0 Å². The van der Waals surface area contributed by atoms with Gasteiger partial charge >= 0.3 is 5.82 Å². The van der Waals surface area contributed by atoms with E-state index in [1.165, 1.54) is 0 Å². The number of ether oxygens (including phenoxy) is 1. The number of nitrogens with one attached hydrogen (secondary N) is 1. The maximum absolute atomic E-state index is 10.4. The molecule has 0 unspecified atom stereocenters. The van der Waals surface area contributed by atoms with Crippen LogP contribution in [0.25, 0.3) is 0 Å². The Morgan fingerprint density at radius 1 is 1.64 bits per heavy atom. The van der Waals surface area contributed by atoms with Crippen molar-refractivity contribution >= 4 is 6.40 Å². The summed E-state index contributed by atoms with van der Waals surface area (Å²) in [5.74, 6) is -0.0403. The van der Waals surface area contributed by atoms with E-state index < -0.39 is 5.82 Å². The molecule has 11 heavy (non-hydrogen) atoms. The van der Waals surface area contributed by atoms with Gasteiger partial charge in [-0.1, -0.05) is 0 Å². The third-order valence-corrected chi connectivity index (χ3v) is 1.13. The van der Waals surface area contributed by atoms with E-state index >= 15 is 0 Å². The summed E-state index contributed by atoms with van der Waals surface area (Å²) in [7, 11) is 0. The van der Waals surface area contributed by atoms with Gasteiger partial charge in [-0.05, 0) is 6.92 Å². The summed E-state index contributed by atoms with van der Waals surface area (Å²) in [6, 6.07) is 0. The second-order valence-electron chi connectivity index (χ2n) is 1.86. The highest BCUT2D eigenvalue weighted by atomic mass is 16.6. The van der Waals surface area contributed by atoms with Gasteiger partial charge in [-0.2, -0.15) is 0 Å². The predicted octanol–water partition coefficient (Wildman–Crippen LogP) is 0.665. The number of hydrogen-bond acceptors (Lipinski definition) is 5. The van der Waals surface area contributed by atoms with Crippen molar-refractivity contribution in [1.29, 1.82) is 5.41 Å². The maximum atomic E-state index is 10.4. The fourth-order valence-electron chi connectivity index (χ4n) is 0.624. The van der Waals surface area contributed by atoms with E-state index in [1.54, 1.807) is 6.92 Å². The van der Waals surface area contributed by atoms with Gasteiger partial charge in [0.05, 0.1) is 0 Å². The molecule has 5 heteroatoms. The molecule has 0 saturated carbocycles. The van der Waals surface area contributed by atoms with Crippen LogP contribution < -0.4 is 5.82 Å². The van der Waals surface area contributed by atoms with Crippen molar-refractivity contribution in [2.45, 2.75) is 13.5 Å². The molecule has 1 heterocycles. The summed E-state index contributed by atoms with van der Waals surface area (Å²) in [4.78, 5) is 10.4. The summed E-state index contributed by atoms with van der Waals surface area (Å²) in [6.45, 7) is 1.65. The lowest BCUT2D eigenvalue weighted by molar-refractivity contribution is 0.260. The standard InChI is InChI=1S/C6H7NO4/c1-4-5(2-9-3-7)11-6(8)10-4/h3,7H,2H2,1H3. The average Bonchev–Trinajstić information content (AvgIpc) is 2.26. The Labute approximate surface area is 62.1 Å². The van der Waals surface area contributed by atoms with Crippen molar-refractivity contribution in [3.63, 3.8) is 0 Å². The SMILES string of the molecule is Cc1oc(=O)oc1COC=N. The molecule has 0 bridgehead atoms. The molecular weight excluding hydrogens is 150 g/mol. The lowest BCUT2D eigenvalue weighted by Gasteiger charge is -1.92. The Morgan fingerprint density at radius 2 is 2.36 bits per heavy atom. The summed E-state index contributed by atoms with van der Waals surface area (Å²) in [5, 5.41) is 6.53. The zero-order valence-electron chi connectivity index (χ0n) is 5.92. The van der Waals surface area contributed by atoms with Crippen LogP contribution in [-0.2, 0) is 11.3 Å². The van der Waals surface area contributed by atoms with E-state index in [0.29, 0.717) is 11.5 Å². The number of rotatable bonds is 3. The number of aryl methyl sites for hydroxylation is 1. The van der Waals surface area contributed by atoms with Gasteiger partial charge in [0, 0.05) is 0 Å². The van der Waals surface area contributed by atoms with Crippen LogP contribution >= 0.6 is 0 Å². The first-order valence-electron chi connectivity index (χ1n) is 2.94. The molecule has 0 radical (unpaired) electrons. The van der Waals surface area contributed by atoms with Crippen LogP contribution in [0.2, 0.25) is 0 Å². The highest BCUT2D eigenvalue weighted by molar-refractivity contribution is 5.41. The fourth-order valence-corrected chi connectivity index (χ4v) is 0.624. The van der Waals surface area contributed by atoms with Gasteiger partial charge in [0.1, 0.15) is 0 Å². The lowest BCUT2D eigenvalue weighted by Crippen LogP contribution is -1.90. The van der Waals surface area contributed by atoms with Crippen molar-refractivity contribution in [2.75, 3.05) is 0 Å². The van der Waals surface area contributed by atoms with E-state index in [-0.39, 0.29) is 6.61 Å². The predicted molar refractivity (Wildman–Crippen MR) is 35.6 cm³/mol. The van der Waals surface area contributed by atoms with Gasteiger partial charge in [0.2, 0.25) is 0 Å². The Kier molecular flexibility index (Phi) is 2.10. The third-order valence-electron chi connectivity index (χ3n) is 1.13. The first-order valence-corrected chi connectivity index (χ1v) is 2.94. The molecule has 0 fully saturated rings. The van der Waals surface area contributed by atoms with E-state index in [4.69, 9.17) is 5.41 Å². The van der Waals surface area contributed by atoms with Gasteiger partial charge < -0.3 is 13.6 Å². The molecule has 0 aliphatic carbocycles. The van der Waals surface area contributed by atoms with E-state index in [9.17, 15) is 4.79 Å². The van der Waals surface area contributed by atoms with Crippen LogP contribution in [-0.4, -0.2) is 6.40 Å². The molecule has 0 atom stereocenters. The van der Waals surface area contributed by atoms with Gasteiger partial charge in [-0.3, -0.25) is 5.41 Å². The molecule has 0 saturated heterocycles. The summed E-state index contributed by atoms with van der Waals surface area (Å²) in [6.07, 6.45) is 0.770. The topological polar surface area (TPSA) is 76.4 Å². The molecule has 5 nitrogen and oxygen atoms in total. The molecule has 0 amide bonds.